The number of hydrogen-bond acceptors (Lipinski definition) is 4. The zero-order valence-electron chi connectivity index (χ0n) is 25.4. The van der Waals surface area contributed by atoms with E-state index in [-0.39, 0.29) is 12.7 Å². The van der Waals surface area contributed by atoms with Crippen LogP contribution in [0.4, 0.5) is 0 Å². The van der Waals surface area contributed by atoms with E-state index >= 15 is 0 Å². The van der Waals surface area contributed by atoms with Gasteiger partial charge in [-0.2, -0.15) is 0 Å². The van der Waals surface area contributed by atoms with Crippen molar-refractivity contribution in [2.45, 2.75) is 78.7 Å². The number of carbonyl (C=O) groups excluding carboxylic acids is 1. The minimum Gasteiger partial charge on any atom is -0.454 e. The molecule has 0 aromatic heterocycles. The maximum atomic E-state index is 13.8. The van der Waals surface area contributed by atoms with Crippen LogP contribution in [0.3, 0.4) is 0 Å². The van der Waals surface area contributed by atoms with Crippen LogP contribution in [0.2, 0.25) is 0 Å². The highest BCUT2D eigenvalue weighted by atomic mass is 16.7. The normalized spacial score (nSPS) is 12.2. The van der Waals surface area contributed by atoms with Gasteiger partial charge in [0.15, 0.2) is 11.5 Å². The van der Waals surface area contributed by atoms with Gasteiger partial charge in [-0.25, -0.2) is 0 Å². The average Bonchev–Trinajstić information content (AvgIpc) is 3.49. The second-order valence-corrected chi connectivity index (χ2v) is 11.2. The topological polar surface area (TPSA) is 42.0 Å². The van der Waals surface area contributed by atoms with Crippen LogP contribution < -0.4 is 9.47 Å². The van der Waals surface area contributed by atoms with E-state index in [1.165, 1.54) is 50.5 Å². The summed E-state index contributed by atoms with van der Waals surface area (Å²) in [6.45, 7) is 11.4. The van der Waals surface area contributed by atoms with Crippen molar-refractivity contribution in [2.24, 2.45) is 0 Å². The minimum atomic E-state index is 0.107. The highest BCUT2D eigenvalue weighted by molar-refractivity contribution is 5.94. The Bertz CT molecular complexity index is 1200. The van der Waals surface area contributed by atoms with Crippen LogP contribution in [-0.4, -0.2) is 48.7 Å². The molecule has 0 radical (unpaired) electrons. The van der Waals surface area contributed by atoms with Crippen molar-refractivity contribution in [2.75, 3.05) is 33.0 Å². The fraction of sp³-hybridized carbons (Fsp3) is 0.472. The lowest BCUT2D eigenvalue weighted by Crippen LogP contribution is -2.39. The third kappa shape index (κ3) is 9.09. The van der Waals surface area contributed by atoms with E-state index in [2.05, 4.69) is 68.1 Å². The molecule has 1 aliphatic rings. The Morgan fingerprint density at radius 2 is 1.29 bits per heavy atom. The van der Waals surface area contributed by atoms with E-state index < -0.39 is 0 Å². The van der Waals surface area contributed by atoms with E-state index in [1.807, 2.05) is 29.2 Å². The Kier molecular flexibility index (Phi) is 12.1. The summed E-state index contributed by atoms with van der Waals surface area (Å²) in [6.07, 6.45) is 9.49. The Labute approximate surface area is 247 Å². The number of hydrogen-bond donors (Lipinski definition) is 0. The number of ether oxygens (including phenoxy) is 2. The summed E-state index contributed by atoms with van der Waals surface area (Å²) in [5.41, 5.74) is 5.43. The number of carbonyl (C=O) groups is 1. The van der Waals surface area contributed by atoms with Crippen molar-refractivity contribution in [3.63, 3.8) is 0 Å². The number of nitrogens with zero attached hydrogens (tertiary/aromatic N) is 2. The molecular weight excluding hydrogens is 508 g/mol. The fourth-order valence-electron chi connectivity index (χ4n) is 5.29. The average molecular weight is 557 g/mol. The summed E-state index contributed by atoms with van der Waals surface area (Å²) in [4.78, 5) is 18.4. The van der Waals surface area contributed by atoms with Crippen molar-refractivity contribution in [3.8, 4) is 22.6 Å². The third-order valence-corrected chi connectivity index (χ3v) is 7.93. The molecule has 0 unspecified atom stereocenters. The number of fused-ring (bicyclic) bond motifs is 1. The Morgan fingerprint density at radius 1 is 0.659 bits per heavy atom. The van der Waals surface area contributed by atoms with Crippen molar-refractivity contribution in [1.82, 2.24) is 9.80 Å². The number of rotatable bonds is 17. The van der Waals surface area contributed by atoms with E-state index in [1.54, 1.807) is 0 Å². The van der Waals surface area contributed by atoms with E-state index in [0.29, 0.717) is 13.1 Å². The molecule has 5 nitrogen and oxygen atoms in total. The maximum absolute atomic E-state index is 13.8. The quantitative estimate of drug-likeness (QED) is 0.157. The molecule has 0 spiro atoms. The molecule has 3 aromatic rings. The largest absolute Gasteiger partial charge is 0.454 e. The first-order chi connectivity index (χ1) is 20.1. The molecule has 1 amide bonds. The molecule has 3 aromatic carbocycles. The van der Waals surface area contributed by atoms with Crippen LogP contribution in [0.1, 0.15) is 87.2 Å². The molecule has 1 aliphatic heterocycles. The first kappa shape index (κ1) is 30.6. The van der Waals surface area contributed by atoms with Gasteiger partial charge in [-0.3, -0.25) is 4.79 Å². The van der Waals surface area contributed by atoms with Crippen molar-refractivity contribution >= 4 is 5.91 Å². The maximum Gasteiger partial charge on any atom is 0.254 e. The first-order valence-electron chi connectivity index (χ1n) is 15.7. The van der Waals surface area contributed by atoms with Gasteiger partial charge in [-0.1, -0.05) is 88.9 Å². The van der Waals surface area contributed by atoms with Crippen LogP contribution in [-0.2, 0) is 13.0 Å². The number of unbranched alkanes of at least 4 members (excludes halogenated alkanes) is 4. The van der Waals surface area contributed by atoms with E-state index in [9.17, 15) is 4.79 Å². The fourth-order valence-corrected chi connectivity index (χ4v) is 5.29. The molecule has 5 heteroatoms. The lowest BCUT2D eigenvalue weighted by Gasteiger charge is -2.28. The van der Waals surface area contributed by atoms with E-state index in [0.717, 1.165) is 59.8 Å². The van der Waals surface area contributed by atoms with Crippen molar-refractivity contribution in [3.05, 3.63) is 83.4 Å². The first-order valence-corrected chi connectivity index (χ1v) is 15.7. The molecule has 0 fully saturated rings. The summed E-state index contributed by atoms with van der Waals surface area (Å²) in [7, 11) is 0. The summed E-state index contributed by atoms with van der Waals surface area (Å²) in [5.74, 6) is 1.69. The van der Waals surface area contributed by atoms with Crippen LogP contribution in [0.15, 0.2) is 66.7 Å². The monoisotopic (exact) mass is 556 g/mol. The summed E-state index contributed by atoms with van der Waals surface area (Å²) in [5, 5.41) is 0. The zero-order chi connectivity index (χ0) is 28.9. The zero-order valence-corrected chi connectivity index (χ0v) is 25.4. The molecule has 0 bridgehead atoms. The lowest BCUT2D eigenvalue weighted by atomic mass is 10.0. The number of aryl methyl sites for hydroxylation is 1. The summed E-state index contributed by atoms with van der Waals surface area (Å²) >= 11 is 0. The molecule has 0 N–H and O–H groups in total. The van der Waals surface area contributed by atoms with Crippen molar-refractivity contribution < 1.29 is 14.3 Å². The van der Waals surface area contributed by atoms with Crippen LogP contribution in [0, 0.1) is 0 Å². The van der Waals surface area contributed by atoms with Crippen LogP contribution >= 0.6 is 0 Å². The standard InChI is InChI=1S/C36H48N2O3/c1-4-7-10-11-29-12-18-32(19-13-29)36(39)38(25-24-37(22-8-5-2)23-9-6-3)27-30-14-16-31(17-15-30)33-20-21-34-35(26-33)41-28-40-34/h12-21,26H,4-11,22-25,27-28H2,1-3H3. The third-order valence-electron chi connectivity index (χ3n) is 7.93. The van der Waals surface area contributed by atoms with Gasteiger partial charge in [0, 0.05) is 25.2 Å². The molecule has 220 valence electrons. The molecule has 0 aliphatic carbocycles. The Hall–Kier alpha value is -3.31. The highest BCUT2D eigenvalue weighted by Gasteiger charge is 2.19. The van der Waals surface area contributed by atoms with Gasteiger partial charge in [-0.05, 0) is 85.3 Å². The van der Waals surface area contributed by atoms with E-state index in [4.69, 9.17) is 9.47 Å². The summed E-state index contributed by atoms with van der Waals surface area (Å²) in [6, 6.07) is 22.9. The van der Waals surface area contributed by atoms with Crippen LogP contribution in [0.25, 0.3) is 11.1 Å². The van der Waals surface area contributed by atoms with Crippen molar-refractivity contribution in [1.29, 1.82) is 0 Å². The highest BCUT2D eigenvalue weighted by Crippen LogP contribution is 2.36. The number of amides is 1. The molecule has 0 atom stereocenters. The SMILES string of the molecule is CCCCCc1ccc(C(=O)N(CCN(CCCC)CCCC)Cc2ccc(-c3ccc4c(c3)OCO4)cc2)cc1. The van der Waals surface area contributed by atoms with Gasteiger partial charge < -0.3 is 19.3 Å². The number of benzene rings is 3. The molecule has 0 saturated carbocycles. The van der Waals surface area contributed by atoms with Gasteiger partial charge in [0.2, 0.25) is 6.79 Å². The molecule has 0 saturated heterocycles. The van der Waals surface area contributed by atoms with Gasteiger partial charge in [0.1, 0.15) is 0 Å². The van der Waals surface area contributed by atoms with Gasteiger partial charge >= 0.3 is 0 Å². The van der Waals surface area contributed by atoms with Gasteiger partial charge in [0.25, 0.3) is 5.91 Å². The second kappa shape index (κ2) is 16.2. The second-order valence-electron chi connectivity index (χ2n) is 11.2. The van der Waals surface area contributed by atoms with Crippen LogP contribution in [0.5, 0.6) is 11.5 Å². The molecular formula is C36H48N2O3. The molecule has 41 heavy (non-hydrogen) atoms. The summed E-state index contributed by atoms with van der Waals surface area (Å²) < 4.78 is 11.0. The Balaban J connectivity index is 1.48. The minimum absolute atomic E-state index is 0.107. The predicted octanol–water partition coefficient (Wildman–Crippen LogP) is 8.36. The molecule has 4 rings (SSSR count). The van der Waals surface area contributed by atoms with Gasteiger partial charge in [-0.15, -0.1) is 0 Å². The lowest BCUT2D eigenvalue weighted by molar-refractivity contribution is 0.0720. The molecule has 1 heterocycles. The van der Waals surface area contributed by atoms with Gasteiger partial charge in [0.05, 0.1) is 0 Å². The Morgan fingerprint density at radius 3 is 1.98 bits per heavy atom. The predicted molar refractivity (Wildman–Crippen MR) is 169 cm³/mol. The smallest absolute Gasteiger partial charge is 0.254 e.